The highest BCUT2D eigenvalue weighted by Gasteiger charge is 2.35. The molecule has 1 amide bonds. The van der Waals surface area contributed by atoms with Crippen molar-refractivity contribution in [3.05, 3.63) is 24.0 Å². The molecule has 2 rings (SSSR count). The highest BCUT2D eigenvalue weighted by molar-refractivity contribution is 6.09. The fourth-order valence-electron chi connectivity index (χ4n) is 1.45. The number of fused-ring (bicyclic) bond motifs is 1. The summed E-state index contributed by atoms with van der Waals surface area (Å²) in [6.07, 6.45) is -1.38. The van der Waals surface area contributed by atoms with Gasteiger partial charge in [-0.25, -0.2) is 9.18 Å². The van der Waals surface area contributed by atoms with Gasteiger partial charge in [0.2, 0.25) is 0 Å². The Morgan fingerprint density at radius 2 is 2.35 bits per heavy atom. The minimum atomic E-state index is -1.38. The predicted molar refractivity (Wildman–Crippen MR) is 56.1 cm³/mol. The summed E-state index contributed by atoms with van der Waals surface area (Å²) in [5, 5.41) is 2.45. The molecule has 6 heteroatoms. The molecule has 0 aliphatic carbocycles. The van der Waals surface area contributed by atoms with Crippen molar-refractivity contribution in [1.29, 1.82) is 0 Å². The summed E-state index contributed by atoms with van der Waals surface area (Å²) in [6.45, 7) is 1.76. The van der Waals surface area contributed by atoms with Gasteiger partial charge < -0.3 is 14.8 Å². The predicted octanol–water partition coefficient (Wildman–Crippen LogP) is 1.09. The van der Waals surface area contributed by atoms with E-state index in [0.717, 1.165) is 6.07 Å². The van der Waals surface area contributed by atoms with Crippen molar-refractivity contribution in [2.24, 2.45) is 0 Å². The van der Waals surface area contributed by atoms with Crippen molar-refractivity contribution >= 4 is 17.6 Å². The van der Waals surface area contributed by atoms with Crippen LogP contribution >= 0.6 is 0 Å². The van der Waals surface area contributed by atoms with E-state index in [1.54, 1.807) is 6.92 Å². The smallest absolute Gasteiger partial charge is 0.357 e. The van der Waals surface area contributed by atoms with Gasteiger partial charge in [0, 0.05) is 6.07 Å². The van der Waals surface area contributed by atoms with Crippen LogP contribution in [0.1, 0.15) is 6.92 Å². The number of rotatable bonds is 2. The number of benzene rings is 1. The van der Waals surface area contributed by atoms with Crippen molar-refractivity contribution < 1.29 is 23.5 Å². The number of anilines is 1. The largest absolute Gasteiger partial charge is 0.466 e. The average Bonchev–Trinajstić information content (AvgIpc) is 2.29. The molecule has 0 aromatic heterocycles. The molecule has 0 spiro atoms. The highest BCUT2D eigenvalue weighted by atomic mass is 19.1. The number of halogens is 1. The normalized spacial score (nSPS) is 17.8. The molecule has 90 valence electrons. The maximum atomic E-state index is 13.0. The number of esters is 1. The van der Waals surface area contributed by atoms with Crippen LogP contribution in [0.5, 0.6) is 5.75 Å². The van der Waals surface area contributed by atoms with Crippen LogP contribution in [-0.4, -0.2) is 24.6 Å². The maximum Gasteiger partial charge on any atom is 0.357 e. The number of hydrogen-bond donors (Lipinski definition) is 1. The van der Waals surface area contributed by atoms with Gasteiger partial charge in [-0.15, -0.1) is 0 Å². The molecule has 17 heavy (non-hydrogen) atoms. The van der Waals surface area contributed by atoms with Crippen LogP contribution in [0, 0.1) is 5.82 Å². The number of hydrogen-bond acceptors (Lipinski definition) is 4. The third-order valence-electron chi connectivity index (χ3n) is 2.19. The summed E-state index contributed by atoms with van der Waals surface area (Å²) in [7, 11) is 0. The lowest BCUT2D eigenvalue weighted by molar-refractivity contribution is -0.155. The van der Waals surface area contributed by atoms with E-state index in [2.05, 4.69) is 10.1 Å². The van der Waals surface area contributed by atoms with Gasteiger partial charge >= 0.3 is 5.97 Å². The third-order valence-corrected chi connectivity index (χ3v) is 2.19. The molecule has 5 nitrogen and oxygen atoms in total. The quantitative estimate of drug-likeness (QED) is 0.619. The van der Waals surface area contributed by atoms with E-state index < -0.39 is 23.8 Å². The van der Waals surface area contributed by atoms with Gasteiger partial charge in [0.15, 0.2) is 0 Å². The van der Waals surface area contributed by atoms with E-state index >= 15 is 0 Å². The topological polar surface area (TPSA) is 64.6 Å². The van der Waals surface area contributed by atoms with Crippen LogP contribution in [0.25, 0.3) is 0 Å². The lowest BCUT2D eigenvalue weighted by Gasteiger charge is -2.24. The first kappa shape index (κ1) is 11.4. The second-order valence-corrected chi connectivity index (χ2v) is 3.38. The molecular formula is C11H10FNO4. The van der Waals surface area contributed by atoms with Gasteiger partial charge in [-0.05, 0) is 19.1 Å². The number of carbonyl (C=O) groups excluding carboxylic acids is 2. The van der Waals surface area contributed by atoms with E-state index in [9.17, 15) is 14.0 Å². The number of amides is 1. The van der Waals surface area contributed by atoms with Gasteiger partial charge in [0.05, 0.1) is 12.3 Å². The molecule has 1 unspecified atom stereocenters. The van der Waals surface area contributed by atoms with Crippen molar-refractivity contribution in [3.63, 3.8) is 0 Å². The van der Waals surface area contributed by atoms with Crippen LogP contribution in [0.3, 0.4) is 0 Å². The summed E-state index contributed by atoms with van der Waals surface area (Å²) in [4.78, 5) is 22.9. The summed E-state index contributed by atoms with van der Waals surface area (Å²) in [5.41, 5.74) is 0.331. The van der Waals surface area contributed by atoms with Gasteiger partial charge in [-0.3, -0.25) is 4.79 Å². The minimum Gasteiger partial charge on any atom is -0.466 e. The SMILES string of the molecule is CCOC(=O)C1Oc2cc(F)ccc2NC1=O. The fraction of sp³-hybridized carbons (Fsp3) is 0.273. The van der Waals surface area contributed by atoms with E-state index in [1.165, 1.54) is 12.1 Å². The summed E-state index contributed by atoms with van der Waals surface area (Å²) in [6, 6.07) is 3.65. The molecule has 1 atom stereocenters. The van der Waals surface area contributed by atoms with Crippen molar-refractivity contribution in [1.82, 2.24) is 0 Å². The van der Waals surface area contributed by atoms with Gasteiger partial charge in [-0.1, -0.05) is 0 Å². The third kappa shape index (κ3) is 2.20. The molecule has 0 radical (unpaired) electrons. The van der Waals surface area contributed by atoms with Crippen LogP contribution < -0.4 is 10.1 Å². The lowest BCUT2D eigenvalue weighted by atomic mass is 10.2. The summed E-state index contributed by atoms with van der Waals surface area (Å²) in [5.74, 6) is -1.81. The van der Waals surface area contributed by atoms with Crippen LogP contribution in [0.15, 0.2) is 18.2 Å². The van der Waals surface area contributed by atoms with E-state index in [1.807, 2.05) is 0 Å². The monoisotopic (exact) mass is 239 g/mol. The molecular weight excluding hydrogens is 229 g/mol. The van der Waals surface area contributed by atoms with E-state index in [0.29, 0.717) is 5.69 Å². The molecule has 1 heterocycles. The molecule has 1 aliphatic rings. The first-order valence-electron chi connectivity index (χ1n) is 5.05. The zero-order valence-corrected chi connectivity index (χ0v) is 9.03. The molecule has 1 N–H and O–H groups in total. The van der Waals surface area contributed by atoms with Gasteiger partial charge in [0.1, 0.15) is 11.6 Å². The molecule has 0 bridgehead atoms. The van der Waals surface area contributed by atoms with Gasteiger partial charge in [0.25, 0.3) is 12.0 Å². The second-order valence-electron chi connectivity index (χ2n) is 3.38. The number of nitrogens with one attached hydrogen (secondary N) is 1. The van der Waals surface area contributed by atoms with Crippen molar-refractivity contribution in [3.8, 4) is 5.75 Å². The van der Waals surface area contributed by atoms with E-state index in [4.69, 9.17) is 4.74 Å². The Hall–Kier alpha value is -2.11. The Kier molecular flexibility index (Phi) is 2.95. The number of carbonyl (C=O) groups is 2. The molecule has 1 aromatic rings. The van der Waals surface area contributed by atoms with E-state index in [-0.39, 0.29) is 12.4 Å². The van der Waals surface area contributed by atoms with Crippen LogP contribution in [0.4, 0.5) is 10.1 Å². The van der Waals surface area contributed by atoms with Crippen LogP contribution in [0.2, 0.25) is 0 Å². The standard InChI is InChI=1S/C11H10FNO4/c1-2-16-11(15)9-10(14)13-7-4-3-6(12)5-8(7)17-9/h3-5,9H,2H2,1H3,(H,13,14). The van der Waals surface area contributed by atoms with Crippen molar-refractivity contribution in [2.45, 2.75) is 13.0 Å². The lowest BCUT2D eigenvalue weighted by Crippen LogP contribution is -2.43. The van der Waals surface area contributed by atoms with Gasteiger partial charge in [-0.2, -0.15) is 0 Å². The van der Waals surface area contributed by atoms with Crippen LogP contribution in [-0.2, 0) is 14.3 Å². The molecule has 0 saturated carbocycles. The maximum absolute atomic E-state index is 13.0. The Morgan fingerprint density at radius 1 is 1.59 bits per heavy atom. The zero-order valence-electron chi connectivity index (χ0n) is 9.03. The van der Waals surface area contributed by atoms with Crippen molar-refractivity contribution in [2.75, 3.05) is 11.9 Å². The fourth-order valence-corrected chi connectivity index (χ4v) is 1.45. The zero-order chi connectivity index (χ0) is 12.4. The second kappa shape index (κ2) is 4.40. The minimum absolute atomic E-state index is 0.114. The average molecular weight is 239 g/mol. The number of ether oxygens (including phenoxy) is 2. The molecule has 0 fully saturated rings. The highest BCUT2D eigenvalue weighted by Crippen LogP contribution is 2.30. The first-order valence-corrected chi connectivity index (χ1v) is 5.05. The molecule has 1 aromatic carbocycles. The Labute approximate surface area is 96.5 Å². The Balaban J connectivity index is 2.25. The summed E-state index contributed by atoms with van der Waals surface area (Å²) >= 11 is 0. The Morgan fingerprint density at radius 3 is 3.06 bits per heavy atom. The molecule has 1 aliphatic heterocycles. The Bertz CT molecular complexity index is 475. The summed E-state index contributed by atoms with van der Waals surface area (Å²) < 4.78 is 22.8. The molecule has 0 saturated heterocycles. The first-order chi connectivity index (χ1) is 8.11.